The van der Waals surface area contributed by atoms with Crippen molar-refractivity contribution >= 4 is 15.7 Å². The number of carbonyl (C=O) groups excluding carboxylic acids is 1. The second kappa shape index (κ2) is 6.91. The van der Waals surface area contributed by atoms with E-state index in [-0.39, 0.29) is 4.90 Å². The molecule has 0 fully saturated rings. The van der Waals surface area contributed by atoms with Gasteiger partial charge >= 0.3 is 0 Å². The number of hydrogen-bond donors (Lipinski definition) is 2. The molecule has 0 aromatic heterocycles. The Morgan fingerprint density at radius 3 is 2.29 bits per heavy atom. The third kappa shape index (κ3) is 5.73. The van der Waals surface area contributed by atoms with E-state index in [0.717, 1.165) is 19.1 Å². The predicted octanol–water partition coefficient (Wildman–Crippen LogP) is 0.842. The van der Waals surface area contributed by atoms with Crippen LogP contribution in [0, 0.1) is 0 Å². The van der Waals surface area contributed by atoms with E-state index in [0.29, 0.717) is 18.8 Å². The fourth-order valence-electron chi connectivity index (χ4n) is 1.69. The highest BCUT2D eigenvalue weighted by Crippen LogP contribution is 2.16. The zero-order chi connectivity index (χ0) is 16.1. The standard InChI is InChI=1S/C14H22N2O4S/c1-14(16,13(15)17)9-3-4-10-20-11-5-7-12(8-6-11)21(2,18)19/h5-8H,3-4,9-10,16H2,1-2H3,(H2,15,17). The maximum absolute atomic E-state index is 11.3. The van der Waals surface area contributed by atoms with Gasteiger partial charge in [-0.15, -0.1) is 0 Å². The number of hydrogen-bond acceptors (Lipinski definition) is 5. The lowest BCUT2D eigenvalue weighted by molar-refractivity contribution is -0.122. The number of carbonyl (C=O) groups is 1. The largest absolute Gasteiger partial charge is 0.494 e. The van der Waals surface area contributed by atoms with Crippen molar-refractivity contribution in [2.75, 3.05) is 12.9 Å². The van der Waals surface area contributed by atoms with E-state index >= 15 is 0 Å². The second-order valence-corrected chi connectivity index (χ2v) is 7.35. The number of benzene rings is 1. The lowest BCUT2D eigenvalue weighted by atomic mass is 9.96. The predicted molar refractivity (Wildman–Crippen MR) is 80.7 cm³/mol. The van der Waals surface area contributed by atoms with Gasteiger partial charge in [0.2, 0.25) is 5.91 Å². The van der Waals surface area contributed by atoms with Crippen LogP contribution in [0.3, 0.4) is 0 Å². The summed E-state index contributed by atoms with van der Waals surface area (Å²) in [5.41, 5.74) is 9.93. The topological polar surface area (TPSA) is 112 Å². The van der Waals surface area contributed by atoms with E-state index in [1.54, 1.807) is 19.1 Å². The number of nitrogens with two attached hydrogens (primary N) is 2. The molecule has 0 aliphatic carbocycles. The van der Waals surface area contributed by atoms with Gasteiger partial charge in [-0.05, 0) is 50.5 Å². The molecule has 0 radical (unpaired) electrons. The Morgan fingerprint density at radius 2 is 1.81 bits per heavy atom. The van der Waals surface area contributed by atoms with Gasteiger partial charge in [-0.1, -0.05) is 0 Å². The van der Waals surface area contributed by atoms with Gasteiger partial charge in [-0.2, -0.15) is 0 Å². The second-order valence-electron chi connectivity index (χ2n) is 5.33. The fraction of sp³-hybridized carbons (Fsp3) is 0.500. The minimum absolute atomic E-state index is 0.259. The molecule has 0 spiro atoms. The van der Waals surface area contributed by atoms with Crippen LogP contribution in [0.1, 0.15) is 26.2 Å². The summed E-state index contributed by atoms with van der Waals surface area (Å²) < 4.78 is 28.1. The van der Waals surface area contributed by atoms with Gasteiger partial charge in [0.05, 0.1) is 17.0 Å². The molecule has 0 aliphatic heterocycles. The summed E-state index contributed by atoms with van der Waals surface area (Å²) in [4.78, 5) is 11.3. The highest BCUT2D eigenvalue weighted by molar-refractivity contribution is 7.90. The average Bonchev–Trinajstić information content (AvgIpc) is 2.37. The highest BCUT2D eigenvalue weighted by Gasteiger charge is 2.24. The number of sulfone groups is 1. The molecular weight excluding hydrogens is 292 g/mol. The Morgan fingerprint density at radius 1 is 1.24 bits per heavy atom. The van der Waals surface area contributed by atoms with E-state index in [1.807, 2.05) is 0 Å². The number of unbranched alkanes of at least 4 members (excludes halogenated alkanes) is 1. The maximum atomic E-state index is 11.3. The van der Waals surface area contributed by atoms with Gasteiger partial charge in [0, 0.05) is 6.26 Å². The van der Waals surface area contributed by atoms with Gasteiger partial charge in [0.25, 0.3) is 0 Å². The van der Waals surface area contributed by atoms with Crippen molar-refractivity contribution in [2.45, 2.75) is 36.6 Å². The van der Waals surface area contributed by atoms with Crippen LogP contribution in [0.5, 0.6) is 5.75 Å². The van der Waals surface area contributed by atoms with E-state index < -0.39 is 21.3 Å². The summed E-state index contributed by atoms with van der Waals surface area (Å²) in [7, 11) is -3.19. The van der Waals surface area contributed by atoms with Crippen molar-refractivity contribution in [3.63, 3.8) is 0 Å². The average molecular weight is 314 g/mol. The number of primary amides is 1. The first-order chi connectivity index (χ1) is 9.63. The monoisotopic (exact) mass is 314 g/mol. The first-order valence-corrected chi connectivity index (χ1v) is 8.54. The van der Waals surface area contributed by atoms with Crippen molar-refractivity contribution in [1.29, 1.82) is 0 Å². The highest BCUT2D eigenvalue weighted by atomic mass is 32.2. The van der Waals surface area contributed by atoms with Gasteiger partial charge in [0.15, 0.2) is 9.84 Å². The summed E-state index contributed by atoms with van der Waals surface area (Å²) in [6.45, 7) is 2.08. The molecule has 0 saturated heterocycles. The fourth-order valence-corrected chi connectivity index (χ4v) is 2.32. The van der Waals surface area contributed by atoms with E-state index in [2.05, 4.69) is 0 Å². The van der Waals surface area contributed by atoms with Crippen molar-refractivity contribution in [3.8, 4) is 5.75 Å². The van der Waals surface area contributed by atoms with E-state index in [9.17, 15) is 13.2 Å². The van der Waals surface area contributed by atoms with Gasteiger partial charge < -0.3 is 16.2 Å². The smallest absolute Gasteiger partial charge is 0.237 e. The molecule has 21 heavy (non-hydrogen) atoms. The Labute approximate surface area is 125 Å². The Balaban J connectivity index is 2.35. The lowest BCUT2D eigenvalue weighted by Crippen LogP contribution is -2.49. The van der Waals surface area contributed by atoms with Gasteiger partial charge in [-0.3, -0.25) is 4.79 Å². The number of ether oxygens (including phenoxy) is 1. The van der Waals surface area contributed by atoms with Crippen LogP contribution in [0.25, 0.3) is 0 Å². The molecular formula is C14H22N2O4S. The van der Waals surface area contributed by atoms with Crippen molar-refractivity contribution < 1.29 is 17.9 Å². The molecule has 0 bridgehead atoms. The van der Waals surface area contributed by atoms with Crippen LogP contribution in [-0.4, -0.2) is 32.7 Å². The van der Waals surface area contributed by atoms with E-state index in [4.69, 9.17) is 16.2 Å². The molecule has 0 heterocycles. The van der Waals surface area contributed by atoms with Gasteiger partial charge in [-0.25, -0.2) is 8.42 Å². The van der Waals surface area contributed by atoms with Crippen LogP contribution in [-0.2, 0) is 14.6 Å². The molecule has 1 unspecified atom stereocenters. The van der Waals surface area contributed by atoms with Crippen LogP contribution < -0.4 is 16.2 Å². The summed E-state index contributed by atoms with van der Waals surface area (Å²) in [6, 6.07) is 6.25. The lowest BCUT2D eigenvalue weighted by Gasteiger charge is -2.19. The molecule has 1 aromatic carbocycles. The zero-order valence-corrected chi connectivity index (χ0v) is 13.2. The van der Waals surface area contributed by atoms with Crippen molar-refractivity contribution in [2.24, 2.45) is 11.5 Å². The number of amides is 1. The molecule has 1 rings (SSSR count). The Bertz CT molecular complexity index is 579. The first-order valence-electron chi connectivity index (χ1n) is 6.64. The third-order valence-corrected chi connectivity index (χ3v) is 4.30. The summed E-state index contributed by atoms with van der Waals surface area (Å²) in [5, 5.41) is 0. The van der Waals surface area contributed by atoms with Crippen LogP contribution in [0.15, 0.2) is 29.2 Å². The molecule has 0 saturated carbocycles. The Hall–Kier alpha value is -1.60. The Kier molecular flexibility index (Phi) is 5.74. The minimum Gasteiger partial charge on any atom is -0.494 e. The molecule has 6 nitrogen and oxygen atoms in total. The normalized spacial score (nSPS) is 14.4. The van der Waals surface area contributed by atoms with Crippen LogP contribution in [0.2, 0.25) is 0 Å². The molecule has 118 valence electrons. The quantitative estimate of drug-likeness (QED) is 0.690. The first kappa shape index (κ1) is 17.5. The SMILES string of the molecule is CC(N)(CCCCOc1ccc(S(C)(=O)=O)cc1)C(N)=O. The van der Waals surface area contributed by atoms with Gasteiger partial charge in [0.1, 0.15) is 5.75 Å². The number of rotatable bonds is 8. The van der Waals surface area contributed by atoms with E-state index in [1.165, 1.54) is 12.1 Å². The van der Waals surface area contributed by atoms with Crippen LogP contribution >= 0.6 is 0 Å². The molecule has 1 amide bonds. The summed E-state index contributed by atoms with van der Waals surface area (Å²) in [5.74, 6) is 0.0904. The molecule has 1 atom stereocenters. The molecule has 4 N–H and O–H groups in total. The molecule has 1 aromatic rings. The maximum Gasteiger partial charge on any atom is 0.237 e. The zero-order valence-electron chi connectivity index (χ0n) is 12.3. The van der Waals surface area contributed by atoms with Crippen LogP contribution in [0.4, 0.5) is 0 Å². The van der Waals surface area contributed by atoms with Crippen molar-refractivity contribution in [3.05, 3.63) is 24.3 Å². The summed E-state index contributed by atoms with van der Waals surface area (Å²) in [6.07, 6.45) is 3.11. The molecule has 0 aliphatic rings. The summed E-state index contributed by atoms with van der Waals surface area (Å²) >= 11 is 0. The minimum atomic E-state index is -3.19. The van der Waals surface area contributed by atoms with Crippen molar-refractivity contribution in [1.82, 2.24) is 0 Å². The molecule has 7 heteroatoms. The third-order valence-electron chi connectivity index (χ3n) is 3.17.